The number of hydrogen-bond acceptors (Lipinski definition) is 4. The standard InChI is InChI=1S/C17H29N3O3S.ClH/c1-6-12(2)15(18)16(21)19-11-13-9-7-8-10-14(13)24(22,23)20-17(3,4)5;/h7-10,12,15,20H,6,11,18H2,1-5H3,(H,19,21);1H. The molecule has 0 aliphatic rings. The van der Waals surface area contributed by atoms with E-state index in [2.05, 4.69) is 10.0 Å². The normalized spacial score (nSPS) is 14.3. The zero-order chi connectivity index (χ0) is 18.5. The van der Waals surface area contributed by atoms with Crippen LogP contribution in [0.3, 0.4) is 0 Å². The lowest BCUT2D eigenvalue weighted by molar-refractivity contribution is -0.123. The van der Waals surface area contributed by atoms with Crippen molar-refractivity contribution in [2.75, 3.05) is 0 Å². The van der Waals surface area contributed by atoms with Gasteiger partial charge >= 0.3 is 0 Å². The smallest absolute Gasteiger partial charge is 0.241 e. The van der Waals surface area contributed by atoms with Crippen LogP contribution in [0, 0.1) is 5.92 Å². The van der Waals surface area contributed by atoms with Crippen molar-refractivity contribution in [2.24, 2.45) is 11.7 Å². The predicted octanol–water partition coefficient (Wildman–Crippen LogP) is 2.17. The maximum Gasteiger partial charge on any atom is 0.241 e. The van der Waals surface area contributed by atoms with E-state index in [9.17, 15) is 13.2 Å². The summed E-state index contributed by atoms with van der Waals surface area (Å²) in [4.78, 5) is 12.3. The average molecular weight is 392 g/mol. The Labute approximate surface area is 157 Å². The molecule has 0 saturated carbocycles. The van der Waals surface area contributed by atoms with Crippen LogP contribution in [0.15, 0.2) is 29.2 Å². The Balaban J connectivity index is 0.00000576. The Morgan fingerprint density at radius 2 is 1.80 bits per heavy atom. The van der Waals surface area contributed by atoms with Gasteiger partial charge in [0.25, 0.3) is 0 Å². The van der Waals surface area contributed by atoms with Gasteiger partial charge in [0.15, 0.2) is 0 Å². The first-order valence-electron chi connectivity index (χ1n) is 8.13. The maximum absolute atomic E-state index is 12.6. The molecule has 0 fully saturated rings. The molecule has 0 spiro atoms. The summed E-state index contributed by atoms with van der Waals surface area (Å²) in [5, 5.41) is 2.73. The van der Waals surface area contributed by atoms with Gasteiger partial charge in [-0.05, 0) is 38.3 Å². The van der Waals surface area contributed by atoms with E-state index in [4.69, 9.17) is 5.73 Å². The summed E-state index contributed by atoms with van der Waals surface area (Å²) in [5.41, 5.74) is 5.84. The maximum atomic E-state index is 12.6. The third-order valence-corrected chi connectivity index (χ3v) is 5.57. The van der Waals surface area contributed by atoms with Crippen molar-refractivity contribution >= 4 is 28.3 Å². The Kier molecular flexibility index (Phi) is 9.08. The van der Waals surface area contributed by atoms with Crippen LogP contribution in [-0.2, 0) is 21.4 Å². The summed E-state index contributed by atoms with van der Waals surface area (Å²) in [5.74, 6) is -0.216. The van der Waals surface area contributed by atoms with Gasteiger partial charge in [-0.1, -0.05) is 38.5 Å². The Morgan fingerprint density at radius 3 is 2.32 bits per heavy atom. The molecule has 0 heterocycles. The Morgan fingerprint density at radius 1 is 1.24 bits per heavy atom. The van der Waals surface area contributed by atoms with Gasteiger partial charge < -0.3 is 11.1 Å². The Hall–Kier alpha value is -1.15. The fourth-order valence-electron chi connectivity index (χ4n) is 2.18. The highest BCUT2D eigenvalue weighted by Crippen LogP contribution is 2.18. The van der Waals surface area contributed by atoms with Crippen molar-refractivity contribution in [1.82, 2.24) is 10.0 Å². The van der Waals surface area contributed by atoms with Gasteiger partial charge in [-0.2, -0.15) is 0 Å². The van der Waals surface area contributed by atoms with Gasteiger partial charge in [0.1, 0.15) is 0 Å². The quantitative estimate of drug-likeness (QED) is 0.662. The van der Waals surface area contributed by atoms with Crippen molar-refractivity contribution in [1.29, 1.82) is 0 Å². The third kappa shape index (κ3) is 7.32. The van der Waals surface area contributed by atoms with Crippen molar-refractivity contribution < 1.29 is 13.2 Å². The number of nitrogens with one attached hydrogen (secondary N) is 2. The molecular formula is C17H30ClN3O3S. The SMILES string of the molecule is CCC(C)C(N)C(=O)NCc1ccccc1S(=O)(=O)NC(C)(C)C.Cl. The van der Waals surface area contributed by atoms with E-state index in [0.29, 0.717) is 5.56 Å². The minimum atomic E-state index is -3.67. The largest absolute Gasteiger partial charge is 0.351 e. The monoisotopic (exact) mass is 391 g/mol. The number of hydrogen-bond donors (Lipinski definition) is 3. The first-order valence-corrected chi connectivity index (χ1v) is 9.61. The fourth-order valence-corrected chi connectivity index (χ4v) is 3.84. The average Bonchev–Trinajstić information content (AvgIpc) is 2.49. The second kappa shape index (κ2) is 9.52. The predicted molar refractivity (Wildman–Crippen MR) is 103 cm³/mol. The Bertz CT molecular complexity index is 672. The van der Waals surface area contributed by atoms with Gasteiger partial charge in [-0.15, -0.1) is 12.4 Å². The summed E-state index contributed by atoms with van der Waals surface area (Å²) in [6.45, 7) is 9.33. The molecule has 0 aliphatic carbocycles. The van der Waals surface area contributed by atoms with Gasteiger partial charge in [0.2, 0.25) is 15.9 Å². The molecule has 0 aromatic heterocycles. The van der Waals surface area contributed by atoms with E-state index in [0.717, 1.165) is 6.42 Å². The highest BCUT2D eigenvalue weighted by molar-refractivity contribution is 7.89. The van der Waals surface area contributed by atoms with Crippen LogP contribution in [0.25, 0.3) is 0 Å². The molecule has 144 valence electrons. The molecule has 6 nitrogen and oxygen atoms in total. The van der Waals surface area contributed by atoms with Gasteiger partial charge in [-0.3, -0.25) is 4.79 Å². The van der Waals surface area contributed by atoms with Crippen LogP contribution in [0.1, 0.15) is 46.6 Å². The van der Waals surface area contributed by atoms with Crippen molar-refractivity contribution in [2.45, 2.75) is 64.1 Å². The zero-order valence-electron chi connectivity index (χ0n) is 15.5. The molecule has 1 aromatic rings. The molecule has 0 radical (unpaired) electrons. The van der Waals surface area contributed by atoms with Crippen LogP contribution in [-0.4, -0.2) is 25.9 Å². The molecule has 2 unspecified atom stereocenters. The number of halogens is 1. The summed E-state index contributed by atoms with van der Waals surface area (Å²) in [6, 6.07) is 6.02. The molecule has 2 atom stereocenters. The number of carbonyl (C=O) groups excluding carboxylic acids is 1. The number of benzene rings is 1. The molecule has 0 bridgehead atoms. The number of carbonyl (C=O) groups is 1. The first-order chi connectivity index (χ1) is 11.0. The first kappa shape index (κ1) is 23.9. The van der Waals surface area contributed by atoms with Gasteiger partial charge in [0.05, 0.1) is 10.9 Å². The highest BCUT2D eigenvalue weighted by atomic mass is 35.5. The number of sulfonamides is 1. The van der Waals surface area contributed by atoms with Crippen molar-refractivity contribution in [3.63, 3.8) is 0 Å². The molecule has 4 N–H and O–H groups in total. The van der Waals surface area contributed by atoms with E-state index in [1.54, 1.807) is 39.0 Å². The summed E-state index contributed by atoms with van der Waals surface area (Å²) in [6.07, 6.45) is 0.801. The lowest BCUT2D eigenvalue weighted by Gasteiger charge is -2.22. The zero-order valence-corrected chi connectivity index (χ0v) is 17.1. The molecule has 1 rings (SSSR count). The summed E-state index contributed by atoms with van der Waals surface area (Å²) < 4.78 is 27.7. The van der Waals surface area contributed by atoms with E-state index >= 15 is 0 Å². The van der Waals surface area contributed by atoms with E-state index in [1.807, 2.05) is 13.8 Å². The van der Waals surface area contributed by atoms with Crippen LogP contribution in [0.2, 0.25) is 0 Å². The van der Waals surface area contributed by atoms with Gasteiger partial charge in [0, 0.05) is 12.1 Å². The number of amides is 1. The second-order valence-electron chi connectivity index (χ2n) is 7.09. The molecule has 0 aliphatic heterocycles. The van der Waals surface area contributed by atoms with E-state index in [1.165, 1.54) is 6.07 Å². The number of rotatable bonds is 7. The third-order valence-electron chi connectivity index (χ3n) is 3.72. The van der Waals surface area contributed by atoms with Crippen LogP contribution < -0.4 is 15.8 Å². The lowest BCUT2D eigenvalue weighted by Crippen LogP contribution is -2.44. The number of nitrogens with two attached hydrogens (primary N) is 1. The highest BCUT2D eigenvalue weighted by Gasteiger charge is 2.25. The molecular weight excluding hydrogens is 362 g/mol. The molecule has 1 amide bonds. The van der Waals surface area contributed by atoms with Crippen molar-refractivity contribution in [3.05, 3.63) is 29.8 Å². The van der Waals surface area contributed by atoms with Gasteiger partial charge in [-0.25, -0.2) is 13.1 Å². The summed E-state index contributed by atoms with van der Waals surface area (Å²) >= 11 is 0. The topological polar surface area (TPSA) is 101 Å². The van der Waals surface area contributed by atoms with E-state index in [-0.39, 0.29) is 35.7 Å². The summed E-state index contributed by atoms with van der Waals surface area (Å²) in [7, 11) is -3.67. The fraction of sp³-hybridized carbons (Fsp3) is 0.588. The van der Waals surface area contributed by atoms with Crippen molar-refractivity contribution in [3.8, 4) is 0 Å². The van der Waals surface area contributed by atoms with Crippen LogP contribution in [0.5, 0.6) is 0 Å². The minimum absolute atomic E-state index is 0. The molecule has 0 saturated heterocycles. The molecule has 8 heteroatoms. The van der Waals surface area contributed by atoms with Crippen LogP contribution in [0.4, 0.5) is 0 Å². The van der Waals surface area contributed by atoms with E-state index < -0.39 is 21.6 Å². The molecule has 1 aromatic carbocycles. The lowest BCUT2D eigenvalue weighted by atomic mass is 9.99. The van der Waals surface area contributed by atoms with Crippen LogP contribution >= 0.6 is 12.4 Å². The second-order valence-corrected chi connectivity index (χ2v) is 8.74. The molecule has 25 heavy (non-hydrogen) atoms. The minimum Gasteiger partial charge on any atom is -0.351 e.